The van der Waals surface area contributed by atoms with E-state index in [-0.39, 0.29) is 23.6 Å². The number of halogens is 1. The van der Waals surface area contributed by atoms with Gasteiger partial charge < -0.3 is 4.74 Å². The van der Waals surface area contributed by atoms with Gasteiger partial charge >= 0.3 is 0 Å². The molecule has 0 spiro atoms. The Bertz CT molecular complexity index is 947. The summed E-state index contributed by atoms with van der Waals surface area (Å²) in [6.45, 7) is 0.00705. The van der Waals surface area contributed by atoms with Crippen LogP contribution in [0.25, 0.3) is 0 Å². The van der Waals surface area contributed by atoms with Crippen molar-refractivity contribution in [2.75, 3.05) is 5.32 Å². The Morgan fingerprint density at radius 2 is 2.15 bits per heavy atom. The Kier molecular flexibility index (Phi) is 5.18. The third kappa shape index (κ3) is 4.19. The van der Waals surface area contributed by atoms with Crippen molar-refractivity contribution in [3.8, 4) is 5.75 Å². The number of thiazole rings is 1. The summed E-state index contributed by atoms with van der Waals surface area (Å²) in [4.78, 5) is 26.8. The van der Waals surface area contributed by atoms with Crippen LogP contribution in [0.5, 0.6) is 5.75 Å². The molecule has 1 amide bonds. The van der Waals surface area contributed by atoms with Crippen molar-refractivity contribution in [3.63, 3.8) is 0 Å². The van der Waals surface area contributed by atoms with Crippen LogP contribution >= 0.6 is 11.3 Å². The van der Waals surface area contributed by atoms with Crippen LogP contribution in [0.3, 0.4) is 0 Å². The fourth-order valence-electron chi connectivity index (χ4n) is 2.17. The van der Waals surface area contributed by atoms with Gasteiger partial charge in [-0.15, -0.1) is 11.3 Å². The van der Waals surface area contributed by atoms with Crippen molar-refractivity contribution >= 4 is 28.1 Å². The normalized spacial score (nSPS) is 10.3. The number of nitrogens with one attached hydrogen (secondary N) is 1. The van der Waals surface area contributed by atoms with Gasteiger partial charge in [0.25, 0.3) is 11.6 Å². The summed E-state index contributed by atoms with van der Waals surface area (Å²) in [7, 11) is 0. The summed E-state index contributed by atoms with van der Waals surface area (Å²) in [6.07, 6.45) is 1.52. The zero-order valence-electron chi connectivity index (χ0n) is 13.2. The predicted molar refractivity (Wildman–Crippen MR) is 93.9 cm³/mol. The van der Waals surface area contributed by atoms with Crippen molar-refractivity contribution in [3.05, 3.63) is 81.1 Å². The number of nitrogens with zero attached hydrogens (tertiary/aromatic N) is 2. The highest BCUT2D eigenvalue weighted by Gasteiger charge is 2.19. The molecule has 1 aromatic heterocycles. The molecule has 0 saturated carbocycles. The number of benzene rings is 2. The van der Waals surface area contributed by atoms with Gasteiger partial charge in [0.1, 0.15) is 18.2 Å². The molecule has 0 unspecified atom stereocenters. The Morgan fingerprint density at radius 1 is 1.31 bits per heavy atom. The van der Waals surface area contributed by atoms with Gasteiger partial charge in [0.05, 0.1) is 10.5 Å². The molecule has 0 aliphatic rings. The molecule has 3 aromatic rings. The minimum atomic E-state index is -0.601. The maximum Gasteiger partial charge on any atom is 0.270 e. The minimum absolute atomic E-state index is 0.00705. The number of rotatable bonds is 6. The second-order valence-corrected chi connectivity index (χ2v) is 6.04. The summed E-state index contributed by atoms with van der Waals surface area (Å²) in [6, 6.07) is 9.53. The zero-order valence-corrected chi connectivity index (χ0v) is 14.0. The van der Waals surface area contributed by atoms with Gasteiger partial charge in [0.2, 0.25) is 0 Å². The second-order valence-electron chi connectivity index (χ2n) is 5.15. The summed E-state index contributed by atoms with van der Waals surface area (Å²) >= 11 is 1.21. The number of ether oxygens (including phenoxy) is 1. The van der Waals surface area contributed by atoms with Crippen LogP contribution < -0.4 is 10.1 Å². The summed E-state index contributed by atoms with van der Waals surface area (Å²) < 4.78 is 18.8. The van der Waals surface area contributed by atoms with Gasteiger partial charge in [-0.05, 0) is 23.8 Å². The van der Waals surface area contributed by atoms with Gasteiger partial charge in [-0.3, -0.25) is 20.2 Å². The minimum Gasteiger partial charge on any atom is -0.488 e. The molecule has 0 bridgehead atoms. The van der Waals surface area contributed by atoms with E-state index in [1.807, 2.05) is 0 Å². The van der Waals surface area contributed by atoms with E-state index in [1.165, 1.54) is 41.8 Å². The molecule has 132 valence electrons. The maximum atomic E-state index is 13.3. The molecule has 3 rings (SSSR count). The van der Waals surface area contributed by atoms with E-state index in [0.29, 0.717) is 10.7 Å². The fraction of sp³-hybridized carbons (Fsp3) is 0.0588. The second kappa shape index (κ2) is 7.70. The maximum absolute atomic E-state index is 13.3. The molecule has 26 heavy (non-hydrogen) atoms. The molecular weight excluding hydrogens is 361 g/mol. The van der Waals surface area contributed by atoms with Crippen LogP contribution in [0.4, 0.5) is 15.2 Å². The first kappa shape index (κ1) is 17.5. The van der Waals surface area contributed by atoms with Crippen molar-refractivity contribution < 1.29 is 18.8 Å². The van der Waals surface area contributed by atoms with E-state index in [9.17, 15) is 19.3 Å². The number of aromatic nitrogens is 1. The number of nitro groups is 1. The number of carbonyl (C=O) groups excluding carboxylic acids is 1. The molecular formula is C17H12FN3O4S. The Labute approximate surface area is 151 Å². The highest BCUT2D eigenvalue weighted by atomic mass is 32.1. The van der Waals surface area contributed by atoms with Gasteiger partial charge in [0.15, 0.2) is 5.13 Å². The first-order valence-electron chi connectivity index (χ1n) is 7.39. The average Bonchev–Trinajstić information content (AvgIpc) is 3.12. The highest BCUT2D eigenvalue weighted by Crippen LogP contribution is 2.26. The SMILES string of the molecule is O=C(Nc1nccs1)c1cc([N+](=O)[O-])ccc1OCc1cccc(F)c1. The first-order valence-corrected chi connectivity index (χ1v) is 8.27. The molecule has 2 aromatic carbocycles. The number of hydrogen-bond acceptors (Lipinski definition) is 6. The zero-order chi connectivity index (χ0) is 18.5. The van der Waals surface area contributed by atoms with Crippen LogP contribution in [0.2, 0.25) is 0 Å². The number of non-ortho nitro benzene ring substituents is 1. The van der Waals surface area contributed by atoms with Gasteiger partial charge in [0, 0.05) is 23.7 Å². The lowest BCUT2D eigenvalue weighted by atomic mass is 10.1. The first-order chi connectivity index (χ1) is 12.5. The number of anilines is 1. The fourth-order valence-corrected chi connectivity index (χ4v) is 2.70. The van der Waals surface area contributed by atoms with Crippen LogP contribution in [0.15, 0.2) is 54.0 Å². The topological polar surface area (TPSA) is 94.4 Å². The lowest BCUT2D eigenvalue weighted by Gasteiger charge is -2.11. The molecule has 0 saturated heterocycles. The molecule has 7 nitrogen and oxygen atoms in total. The number of amides is 1. The quantitative estimate of drug-likeness (QED) is 0.520. The van der Waals surface area contributed by atoms with E-state index in [0.717, 1.165) is 6.07 Å². The average molecular weight is 373 g/mol. The molecule has 0 aliphatic heterocycles. The third-order valence-corrected chi connectivity index (χ3v) is 4.04. The van der Waals surface area contributed by atoms with Crippen LogP contribution in [-0.2, 0) is 6.61 Å². The van der Waals surface area contributed by atoms with Crippen LogP contribution in [-0.4, -0.2) is 15.8 Å². The predicted octanol–water partition coefficient (Wildman–Crippen LogP) is 4.02. The van der Waals surface area contributed by atoms with E-state index >= 15 is 0 Å². The van der Waals surface area contributed by atoms with Crippen molar-refractivity contribution in [1.29, 1.82) is 0 Å². The van der Waals surface area contributed by atoms with Crippen LogP contribution in [0, 0.1) is 15.9 Å². The highest BCUT2D eigenvalue weighted by molar-refractivity contribution is 7.13. The molecule has 0 aliphatic carbocycles. The van der Waals surface area contributed by atoms with Gasteiger partial charge in [-0.25, -0.2) is 9.37 Å². The van der Waals surface area contributed by atoms with E-state index in [2.05, 4.69) is 10.3 Å². The Hall–Kier alpha value is -3.33. The van der Waals surface area contributed by atoms with E-state index in [4.69, 9.17) is 4.74 Å². The van der Waals surface area contributed by atoms with Crippen molar-refractivity contribution in [2.24, 2.45) is 0 Å². The summed E-state index contributed by atoms with van der Waals surface area (Å²) in [5, 5.41) is 15.6. The van der Waals surface area contributed by atoms with Crippen LogP contribution in [0.1, 0.15) is 15.9 Å². The van der Waals surface area contributed by atoms with E-state index in [1.54, 1.807) is 17.5 Å². The Morgan fingerprint density at radius 3 is 2.85 bits per heavy atom. The lowest BCUT2D eigenvalue weighted by Crippen LogP contribution is -2.14. The number of hydrogen-bond donors (Lipinski definition) is 1. The Balaban J connectivity index is 1.85. The summed E-state index contributed by atoms with van der Waals surface area (Å²) in [5.74, 6) is -0.844. The monoisotopic (exact) mass is 373 g/mol. The smallest absolute Gasteiger partial charge is 0.270 e. The molecule has 0 fully saturated rings. The molecule has 1 N–H and O–H groups in total. The van der Waals surface area contributed by atoms with Crippen molar-refractivity contribution in [2.45, 2.75) is 6.61 Å². The lowest BCUT2D eigenvalue weighted by molar-refractivity contribution is -0.384. The summed E-state index contributed by atoms with van der Waals surface area (Å²) in [5.41, 5.74) is 0.313. The standard InChI is InChI=1S/C17H12FN3O4S/c18-12-3-1-2-11(8-12)10-25-15-5-4-13(21(23)24)9-14(15)16(22)20-17-19-6-7-26-17/h1-9H,10H2,(H,19,20,22). The largest absolute Gasteiger partial charge is 0.488 e. The molecule has 9 heteroatoms. The van der Waals surface area contributed by atoms with Gasteiger partial charge in [-0.1, -0.05) is 12.1 Å². The van der Waals surface area contributed by atoms with Gasteiger partial charge in [-0.2, -0.15) is 0 Å². The molecule has 0 atom stereocenters. The molecule has 0 radical (unpaired) electrons. The molecule has 1 heterocycles. The van der Waals surface area contributed by atoms with Crippen molar-refractivity contribution in [1.82, 2.24) is 4.98 Å². The van der Waals surface area contributed by atoms with E-state index < -0.39 is 16.6 Å². The number of nitro benzene ring substituents is 1. The third-order valence-electron chi connectivity index (χ3n) is 3.35. The number of carbonyl (C=O) groups is 1.